The zero-order chi connectivity index (χ0) is 20.6. The van der Waals surface area contributed by atoms with Gasteiger partial charge >= 0.3 is 0 Å². The zero-order valence-corrected chi connectivity index (χ0v) is 17.5. The Morgan fingerprint density at radius 1 is 1.07 bits per heavy atom. The summed E-state index contributed by atoms with van der Waals surface area (Å²) in [6.07, 6.45) is 9.05. The van der Waals surface area contributed by atoms with Crippen molar-refractivity contribution in [1.29, 1.82) is 0 Å². The van der Waals surface area contributed by atoms with Crippen molar-refractivity contribution in [3.05, 3.63) is 36.9 Å². The molecule has 0 bridgehead atoms. The lowest BCUT2D eigenvalue weighted by atomic mass is 9.92. The third-order valence-corrected chi connectivity index (χ3v) is 5.67. The number of rotatable bonds is 3. The van der Waals surface area contributed by atoms with Gasteiger partial charge in [-0.2, -0.15) is 5.10 Å². The summed E-state index contributed by atoms with van der Waals surface area (Å²) in [5.41, 5.74) is 1.97. The molecule has 152 valence electrons. The maximum Gasteiger partial charge on any atom is 0.228 e. The van der Waals surface area contributed by atoms with Crippen LogP contribution in [0.4, 0.5) is 5.82 Å². The summed E-state index contributed by atoms with van der Waals surface area (Å²) in [6, 6.07) is 3.92. The molecule has 0 spiro atoms. The maximum absolute atomic E-state index is 12.8. The fourth-order valence-electron chi connectivity index (χ4n) is 3.86. The van der Waals surface area contributed by atoms with Crippen molar-refractivity contribution in [3.8, 4) is 11.3 Å². The summed E-state index contributed by atoms with van der Waals surface area (Å²) < 4.78 is 1.75. The van der Waals surface area contributed by atoms with Gasteiger partial charge in [-0.15, -0.1) is 0 Å². The van der Waals surface area contributed by atoms with E-state index in [1.807, 2.05) is 25.4 Å². The number of aryl methyl sites for hydroxylation is 1. The van der Waals surface area contributed by atoms with E-state index in [9.17, 15) is 4.79 Å². The first-order chi connectivity index (χ1) is 13.8. The highest BCUT2D eigenvalue weighted by molar-refractivity contribution is 5.94. The molecular formula is C22H28N6O. The van der Waals surface area contributed by atoms with Crippen LogP contribution in [0.15, 0.2) is 36.9 Å². The topological polar surface area (TPSA) is 75.9 Å². The number of hydrogen-bond acceptors (Lipinski definition) is 5. The van der Waals surface area contributed by atoms with E-state index in [1.165, 1.54) is 0 Å². The van der Waals surface area contributed by atoms with Gasteiger partial charge in [-0.1, -0.05) is 0 Å². The molecule has 4 rings (SSSR count). The first kappa shape index (κ1) is 19.5. The molecule has 1 amide bonds. The highest BCUT2D eigenvalue weighted by atomic mass is 16.1. The maximum atomic E-state index is 12.8. The van der Waals surface area contributed by atoms with Crippen LogP contribution in [0.5, 0.6) is 0 Å². The number of carbonyl (C=O) groups excluding carboxylic acids is 1. The van der Waals surface area contributed by atoms with E-state index in [2.05, 4.69) is 46.1 Å². The Morgan fingerprint density at radius 3 is 2.45 bits per heavy atom. The van der Waals surface area contributed by atoms with Gasteiger partial charge in [-0.25, -0.2) is 4.98 Å². The van der Waals surface area contributed by atoms with Crippen molar-refractivity contribution in [2.75, 3.05) is 18.4 Å². The van der Waals surface area contributed by atoms with Gasteiger partial charge in [0, 0.05) is 48.0 Å². The van der Waals surface area contributed by atoms with Crippen molar-refractivity contribution in [2.24, 2.45) is 13.0 Å². The molecular weight excluding hydrogens is 364 g/mol. The summed E-state index contributed by atoms with van der Waals surface area (Å²) in [6.45, 7) is 8.57. The van der Waals surface area contributed by atoms with Crippen molar-refractivity contribution in [2.45, 2.75) is 39.2 Å². The largest absolute Gasteiger partial charge is 0.310 e. The van der Waals surface area contributed by atoms with Gasteiger partial charge < -0.3 is 5.32 Å². The summed E-state index contributed by atoms with van der Waals surface area (Å²) in [4.78, 5) is 24.1. The summed E-state index contributed by atoms with van der Waals surface area (Å²) >= 11 is 0. The third kappa shape index (κ3) is 4.29. The number of nitrogens with one attached hydrogen (secondary N) is 1. The second kappa shape index (κ2) is 7.55. The number of amides is 1. The van der Waals surface area contributed by atoms with Crippen LogP contribution in [0.2, 0.25) is 0 Å². The molecule has 29 heavy (non-hydrogen) atoms. The quantitative estimate of drug-likeness (QED) is 0.738. The van der Waals surface area contributed by atoms with Crippen LogP contribution in [0.3, 0.4) is 0 Å². The normalized spacial score (nSPS) is 16.3. The van der Waals surface area contributed by atoms with Gasteiger partial charge in [0.2, 0.25) is 5.91 Å². The monoisotopic (exact) mass is 392 g/mol. The molecule has 7 nitrogen and oxygen atoms in total. The Morgan fingerprint density at radius 2 is 1.79 bits per heavy atom. The average molecular weight is 393 g/mol. The number of pyridine rings is 2. The van der Waals surface area contributed by atoms with E-state index in [1.54, 1.807) is 23.3 Å². The van der Waals surface area contributed by atoms with Gasteiger partial charge in [0.25, 0.3) is 0 Å². The zero-order valence-electron chi connectivity index (χ0n) is 17.5. The SMILES string of the molecule is Cn1cc(-c2cc3cc(NC(=O)C4CCN(C(C)(C)C)CC4)ncc3cn2)cn1. The highest BCUT2D eigenvalue weighted by Crippen LogP contribution is 2.26. The molecule has 7 heteroatoms. The van der Waals surface area contributed by atoms with Crippen molar-refractivity contribution in [1.82, 2.24) is 24.6 Å². The van der Waals surface area contributed by atoms with E-state index in [0.29, 0.717) is 5.82 Å². The lowest BCUT2D eigenvalue weighted by molar-refractivity contribution is -0.121. The van der Waals surface area contributed by atoms with Crippen LogP contribution >= 0.6 is 0 Å². The lowest BCUT2D eigenvalue weighted by Gasteiger charge is -2.40. The molecule has 1 fully saturated rings. The predicted octanol–water partition coefficient (Wildman–Crippen LogP) is 3.48. The minimum atomic E-state index is 0.0366. The summed E-state index contributed by atoms with van der Waals surface area (Å²) in [5, 5.41) is 9.15. The van der Waals surface area contributed by atoms with Gasteiger partial charge in [0.05, 0.1) is 11.9 Å². The second-order valence-electron chi connectivity index (χ2n) is 8.81. The molecule has 1 aliphatic rings. The van der Waals surface area contributed by atoms with Crippen molar-refractivity contribution < 1.29 is 4.79 Å². The lowest BCUT2D eigenvalue weighted by Crippen LogP contribution is -2.47. The van der Waals surface area contributed by atoms with Crippen molar-refractivity contribution >= 4 is 22.5 Å². The van der Waals surface area contributed by atoms with Crippen LogP contribution in [0.25, 0.3) is 22.0 Å². The van der Waals surface area contributed by atoms with Gasteiger partial charge in [0.1, 0.15) is 5.82 Å². The van der Waals surface area contributed by atoms with Gasteiger partial charge in [-0.3, -0.25) is 19.4 Å². The standard InChI is InChI=1S/C22H28N6O/c1-22(2,3)28-7-5-15(6-8-28)21(29)26-20-10-16-9-19(18-13-25-27(4)14-18)23-11-17(16)12-24-20/h9-15H,5-8H2,1-4H3,(H,24,26,29). The van der Waals surface area contributed by atoms with E-state index >= 15 is 0 Å². The molecule has 1 N–H and O–H groups in total. The Balaban J connectivity index is 1.47. The molecule has 0 unspecified atom stereocenters. The van der Waals surface area contributed by atoms with Crippen LogP contribution in [-0.4, -0.2) is 49.2 Å². The van der Waals surface area contributed by atoms with E-state index in [4.69, 9.17) is 0 Å². The number of hydrogen-bond donors (Lipinski definition) is 1. The Kier molecular flexibility index (Phi) is 5.08. The summed E-state index contributed by atoms with van der Waals surface area (Å²) in [7, 11) is 1.88. The number of likely N-dealkylation sites (tertiary alicyclic amines) is 1. The predicted molar refractivity (Wildman–Crippen MR) is 114 cm³/mol. The first-order valence-electron chi connectivity index (χ1n) is 10.1. The molecule has 4 heterocycles. The van der Waals surface area contributed by atoms with Crippen LogP contribution in [-0.2, 0) is 11.8 Å². The molecule has 0 atom stereocenters. The molecule has 3 aromatic heterocycles. The number of carbonyl (C=O) groups is 1. The average Bonchev–Trinajstić information content (AvgIpc) is 3.13. The fourth-order valence-corrected chi connectivity index (χ4v) is 3.86. The second-order valence-corrected chi connectivity index (χ2v) is 8.81. The minimum Gasteiger partial charge on any atom is -0.310 e. The molecule has 3 aromatic rings. The van der Waals surface area contributed by atoms with E-state index in [-0.39, 0.29) is 17.4 Å². The van der Waals surface area contributed by atoms with E-state index < -0.39 is 0 Å². The number of anilines is 1. The van der Waals surface area contributed by atoms with E-state index in [0.717, 1.165) is 48.0 Å². The Bertz CT molecular complexity index is 1030. The van der Waals surface area contributed by atoms with Crippen LogP contribution in [0.1, 0.15) is 33.6 Å². The van der Waals surface area contributed by atoms with Crippen LogP contribution < -0.4 is 5.32 Å². The molecule has 1 saturated heterocycles. The Labute approximate surface area is 171 Å². The number of piperidine rings is 1. The van der Waals surface area contributed by atoms with Crippen molar-refractivity contribution in [3.63, 3.8) is 0 Å². The molecule has 0 aliphatic carbocycles. The third-order valence-electron chi connectivity index (χ3n) is 5.67. The first-order valence-corrected chi connectivity index (χ1v) is 10.1. The highest BCUT2D eigenvalue weighted by Gasteiger charge is 2.30. The van der Waals surface area contributed by atoms with Gasteiger partial charge in [0.15, 0.2) is 0 Å². The molecule has 0 saturated carbocycles. The number of nitrogens with zero attached hydrogens (tertiary/aromatic N) is 5. The number of fused-ring (bicyclic) bond motifs is 1. The smallest absolute Gasteiger partial charge is 0.228 e. The minimum absolute atomic E-state index is 0.0366. The fraction of sp³-hybridized carbons (Fsp3) is 0.455. The van der Waals surface area contributed by atoms with Crippen LogP contribution in [0, 0.1) is 5.92 Å². The molecule has 1 aliphatic heterocycles. The molecule has 0 radical (unpaired) electrons. The Hall–Kier alpha value is -2.80. The van der Waals surface area contributed by atoms with Gasteiger partial charge in [-0.05, 0) is 64.2 Å². The number of aromatic nitrogens is 4. The summed E-state index contributed by atoms with van der Waals surface area (Å²) in [5.74, 6) is 0.686. The molecule has 0 aromatic carbocycles.